The molecule has 3 rings (SSSR count). The lowest BCUT2D eigenvalue weighted by molar-refractivity contribution is 0.430. The van der Waals surface area contributed by atoms with Gasteiger partial charge >= 0.3 is 5.69 Å². The zero-order valence-electron chi connectivity index (χ0n) is 16.5. The van der Waals surface area contributed by atoms with E-state index in [1.807, 2.05) is 13.8 Å². The van der Waals surface area contributed by atoms with E-state index in [2.05, 4.69) is 9.98 Å². The normalized spacial score (nSPS) is 11.9. The maximum absolute atomic E-state index is 12.3. The maximum Gasteiger partial charge on any atom is 0.335 e. The molecule has 1 heterocycles. The molecule has 156 valence electrons. The topological polar surface area (TPSA) is 148 Å². The Morgan fingerprint density at radius 2 is 1.73 bits per heavy atom. The average molecular weight is 428 g/mol. The first-order valence-corrected chi connectivity index (χ1v) is 10.4. The molecule has 10 heteroatoms. The van der Waals surface area contributed by atoms with E-state index >= 15 is 0 Å². The predicted molar refractivity (Wildman–Crippen MR) is 114 cm³/mol. The lowest BCUT2D eigenvalue weighted by atomic mass is 10.1. The van der Waals surface area contributed by atoms with Crippen molar-refractivity contribution in [3.8, 4) is 11.6 Å². The van der Waals surface area contributed by atoms with Gasteiger partial charge in [0.15, 0.2) is 0 Å². The van der Waals surface area contributed by atoms with Gasteiger partial charge in [-0.3, -0.25) is 14.8 Å². The highest BCUT2D eigenvalue weighted by molar-refractivity contribution is 7.89. The van der Waals surface area contributed by atoms with Crippen molar-refractivity contribution in [3.63, 3.8) is 0 Å². The Balaban J connectivity index is 2.10. The number of aromatic amines is 1. The second-order valence-corrected chi connectivity index (χ2v) is 8.41. The summed E-state index contributed by atoms with van der Waals surface area (Å²) in [6, 6.07) is 9.23. The fourth-order valence-corrected chi connectivity index (χ4v) is 3.44. The van der Waals surface area contributed by atoms with Crippen LogP contribution in [0.15, 0.2) is 55.9 Å². The average Bonchev–Trinajstić information content (AvgIpc) is 2.64. The molecule has 0 aliphatic rings. The quantitative estimate of drug-likeness (QED) is 0.539. The molecule has 2 aromatic carbocycles. The van der Waals surface area contributed by atoms with Crippen molar-refractivity contribution < 1.29 is 13.5 Å². The van der Waals surface area contributed by atoms with Gasteiger partial charge in [-0.1, -0.05) is 6.07 Å². The SMILES string of the molecule is Cc1ccc(-n2c(O)c(C=Nc3ccc(S(N)(=O)=O)cc3C)c(=O)[nH]c2=O)cc1C. The summed E-state index contributed by atoms with van der Waals surface area (Å²) >= 11 is 0. The molecule has 0 fully saturated rings. The van der Waals surface area contributed by atoms with Crippen LogP contribution >= 0.6 is 0 Å². The Hall–Kier alpha value is -3.50. The number of nitrogens with zero attached hydrogens (tertiary/aromatic N) is 2. The van der Waals surface area contributed by atoms with Crippen LogP contribution in [0.4, 0.5) is 5.69 Å². The fraction of sp³-hybridized carbons (Fsp3) is 0.150. The van der Waals surface area contributed by atoms with Gasteiger partial charge in [0.1, 0.15) is 5.56 Å². The number of aromatic nitrogens is 2. The molecule has 0 unspecified atom stereocenters. The zero-order valence-corrected chi connectivity index (χ0v) is 17.3. The number of hydrogen-bond donors (Lipinski definition) is 3. The molecular formula is C20H20N4O5S. The van der Waals surface area contributed by atoms with E-state index in [1.165, 1.54) is 18.2 Å². The molecule has 3 aromatic rings. The van der Waals surface area contributed by atoms with Crippen molar-refractivity contribution in [2.75, 3.05) is 0 Å². The summed E-state index contributed by atoms with van der Waals surface area (Å²) in [6.07, 6.45) is 1.12. The molecule has 0 bridgehead atoms. The first-order chi connectivity index (χ1) is 14.0. The van der Waals surface area contributed by atoms with Gasteiger partial charge in [0.2, 0.25) is 15.9 Å². The fourth-order valence-electron chi connectivity index (χ4n) is 2.84. The van der Waals surface area contributed by atoms with E-state index in [0.29, 0.717) is 16.9 Å². The van der Waals surface area contributed by atoms with Crippen molar-refractivity contribution in [2.45, 2.75) is 25.7 Å². The van der Waals surface area contributed by atoms with Crippen molar-refractivity contribution >= 4 is 21.9 Å². The minimum absolute atomic E-state index is 0.0667. The predicted octanol–water partition coefficient (Wildman–Crippen LogP) is 1.55. The Kier molecular flexibility index (Phi) is 5.47. The first kappa shape index (κ1) is 21.2. The zero-order chi connectivity index (χ0) is 22.2. The van der Waals surface area contributed by atoms with Crippen LogP contribution in [-0.4, -0.2) is 29.3 Å². The molecule has 1 aromatic heterocycles. The number of aryl methyl sites for hydroxylation is 3. The molecule has 0 atom stereocenters. The molecule has 0 aliphatic carbocycles. The van der Waals surface area contributed by atoms with Crippen LogP contribution in [0, 0.1) is 20.8 Å². The minimum Gasteiger partial charge on any atom is -0.493 e. The Bertz CT molecular complexity index is 1400. The Morgan fingerprint density at radius 3 is 2.33 bits per heavy atom. The molecule has 9 nitrogen and oxygen atoms in total. The third kappa shape index (κ3) is 4.09. The summed E-state index contributed by atoms with van der Waals surface area (Å²) in [5.41, 5.74) is 1.36. The maximum atomic E-state index is 12.3. The Labute approximate surface area is 172 Å². The molecule has 0 saturated carbocycles. The number of sulfonamides is 1. The van der Waals surface area contributed by atoms with Crippen molar-refractivity contribution in [2.24, 2.45) is 10.1 Å². The largest absolute Gasteiger partial charge is 0.493 e. The van der Waals surface area contributed by atoms with E-state index in [1.54, 1.807) is 25.1 Å². The third-order valence-corrected chi connectivity index (χ3v) is 5.61. The molecular weight excluding hydrogens is 408 g/mol. The highest BCUT2D eigenvalue weighted by atomic mass is 32.2. The number of aliphatic imine (C=N–C) groups is 1. The van der Waals surface area contributed by atoms with Gasteiger partial charge in [-0.2, -0.15) is 0 Å². The minimum atomic E-state index is -3.86. The van der Waals surface area contributed by atoms with Crippen molar-refractivity contribution in [3.05, 3.63) is 79.5 Å². The third-order valence-electron chi connectivity index (χ3n) is 4.70. The van der Waals surface area contributed by atoms with Gasteiger partial charge in [-0.15, -0.1) is 0 Å². The van der Waals surface area contributed by atoms with Crippen LogP contribution in [0.25, 0.3) is 5.69 Å². The molecule has 0 radical (unpaired) electrons. The second kappa shape index (κ2) is 7.73. The number of nitrogens with two attached hydrogens (primary N) is 1. The number of primary sulfonamides is 1. The molecule has 4 N–H and O–H groups in total. The van der Waals surface area contributed by atoms with Crippen LogP contribution in [0.3, 0.4) is 0 Å². The van der Waals surface area contributed by atoms with Crippen LogP contribution in [0.2, 0.25) is 0 Å². The Morgan fingerprint density at radius 1 is 1.03 bits per heavy atom. The van der Waals surface area contributed by atoms with E-state index in [0.717, 1.165) is 21.9 Å². The van der Waals surface area contributed by atoms with E-state index in [-0.39, 0.29) is 10.5 Å². The van der Waals surface area contributed by atoms with Crippen molar-refractivity contribution in [1.82, 2.24) is 9.55 Å². The highest BCUT2D eigenvalue weighted by Crippen LogP contribution is 2.23. The number of rotatable bonds is 4. The van der Waals surface area contributed by atoms with Crippen molar-refractivity contribution in [1.29, 1.82) is 0 Å². The van der Waals surface area contributed by atoms with Gasteiger partial charge in [-0.05, 0) is 67.8 Å². The summed E-state index contributed by atoms with van der Waals surface area (Å²) in [6.45, 7) is 5.40. The number of aromatic hydroxyl groups is 1. The molecule has 0 saturated heterocycles. The second-order valence-electron chi connectivity index (χ2n) is 6.85. The van der Waals surface area contributed by atoms with Gasteiger partial charge in [0, 0.05) is 6.21 Å². The van der Waals surface area contributed by atoms with Crippen LogP contribution in [0.1, 0.15) is 22.3 Å². The number of benzene rings is 2. The van der Waals surface area contributed by atoms with Gasteiger partial charge < -0.3 is 5.11 Å². The molecule has 30 heavy (non-hydrogen) atoms. The number of H-pyrrole nitrogens is 1. The van der Waals surface area contributed by atoms with E-state index < -0.39 is 27.2 Å². The van der Waals surface area contributed by atoms with E-state index in [4.69, 9.17) is 5.14 Å². The number of hydrogen-bond acceptors (Lipinski definition) is 6. The summed E-state index contributed by atoms with van der Waals surface area (Å²) in [7, 11) is -3.86. The lowest BCUT2D eigenvalue weighted by Crippen LogP contribution is -2.31. The highest BCUT2D eigenvalue weighted by Gasteiger charge is 2.15. The summed E-state index contributed by atoms with van der Waals surface area (Å²) in [5, 5.41) is 15.7. The smallest absolute Gasteiger partial charge is 0.335 e. The number of nitrogens with one attached hydrogen (secondary N) is 1. The lowest BCUT2D eigenvalue weighted by Gasteiger charge is -2.11. The molecule has 0 spiro atoms. The van der Waals surface area contributed by atoms with Crippen LogP contribution < -0.4 is 16.4 Å². The summed E-state index contributed by atoms with van der Waals surface area (Å²) in [4.78, 5) is 30.8. The summed E-state index contributed by atoms with van der Waals surface area (Å²) < 4.78 is 23.9. The van der Waals surface area contributed by atoms with Gasteiger partial charge in [0.25, 0.3) is 5.56 Å². The monoisotopic (exact) mass is 428 g/mol. The van der Waals surface area contributed by atoms with Gasteiger partial charge in [-0.25, -0.2) is 22.9 Å². The van der Waals surface area contributed by atoms with Crippen LogP contribution in [0.5, 0.6) is 5.88 Å². The molecule has 0 aliphatic heterocycles. The molecule has 0 amide bonds. The van der Waals surface area contributed by atoms with Gasteiger partial charge in [0.05, 0.1) is 16.3 Å². The first-order valence-electron chi connectivity index (χ1n) is 8.82. The summed E-state index contributed by atoms with van der Waals surface area (Å²) in [5.74, 6) is -0.561. The van der Waals surface area contributed by atoms with E-state index in [9.17, 15) is 23.1 Å². The van der Waals surface area contributed by atoms with Crippen LogP contribution in [-0.2, 0) is 10.0 Å². The standard InChI is InChI=1S/C20H20N4O5S/c1-11-4-5-14(8-12(11)2)24-19(26)16(18(25)23-20(24)27)10-22-17-7-6-15(9-13(17)3)30(21,28)29/h4-10,26H,1-3H3,(H2,21,28,29)(H,23,25,27).